The Morgan fingerprint density at radius 2 is 1.62 bits per heavy atom. The highest BCUT2D eigenvalue weighted by Crippen LogP contribution is 2.31. The van der Waals surface area contributed by atoms with E-state index in [9.17, 15) is 20.0 Å². The molecule has 3 aromatic rings. The van der Waals surface area contributed by atoms with Gasteiger partial charge in [0.25, 0.3) is 11.6 Å². The van der Waals surface area contributed by atoms with Crippen molar-refractivity contribution in [2.45, 2.75) is 5.60 Å². The van der Waals surface area contributed by atoms with Crippen molar-refractivity contribution >= 4 is 23.5 Å². The van der Waals surface area contributed by atoms with Crippen LogP contribution in [0.4, 0.5) is 11.4 Å². The second-order valence-electron chi connectivity index (χ2n) is 7.75. The summed E-state index contributed by atoms with van der Waals surface area (Å²) in [6.07, 6.45) is 1.31. The summed E-state index contributed by atoms with van der Waals surface area (Å²) in [5, 5.41) is 27.0. The molecule has 1 fully saturated rings. The molecule has 0 spiro atoms. The van der Waals surface area contributed by atoms with Crippen LogP contribution in [0.2, 0.25) is 0 Å². The Morgan fingerprint density at radius 1 is 1.03 bits per heavy atom. The average Bonchev–Trinajstić information content (AvgIpc) is 2.89. The lowest BCUT2D eigenvalue weighted by Gasteiger charge is -2.28. The molecule has 1 saturated heterocycles. The molecule has 1 amide bonds. The summed E-state index contributed by atoms with van der Waals surface area (Å²) in [4.78, 5) is 26.2. The van der Waals surface area contributed by atoms with Crippen molar-refractivity contribution < 1.29 is 19.6 Å². The van der Waals surface area contributed by atoms with Crippen molar-refractivity contribution in [1.29, 1.82) is 0 Å². The van der Waals surface area contributed by atoms with E-state index in [1.54, 1.807) is 72.8 Å². The van der Waals surface area contributed by atoms with E-state index in [2.05, 4.69) is 10.5 Å². The molecule has 0 aliphatic carbocycles. The second kappa shape index (κ2) is 10.2. The second-order valence-corrected chi connectivity index (χ2v) is 7.75. The van der Waals surface area contributed by atoms with Crippen molar-refractivity contribution in [2.75, 3.05) is 31.2 Å². The van der Waals surface area contributed by atoms with Gasteiger partial charge in [-0.25, -0.2) is 5.43 Å². The first-order chi connectivity index (χ1) is 16.5. The Labute approximate surface area is 196 Å². The third-order valence-electron chi connectivity index (χ3n) is 5.64. The van der Waals surface area contributed by atoms with Crippen LogP contribution in [0.25, 0.3) is 0 Å². The molecule has 0 saturated carbocycles. The van der Waals surface area contributed by atoms with Gasteiger partial charge in [-0.05, 0) is 17.2 Å². The van der Waals surface area contributed by atoms with Crippen molar-refractivity contribution in [2.24, 2.45) is 5.10 Å². The molecule has 34 heavy (non-hydrogen) atoms. The first kappa shape index (κ1) is 23.1. The molecule has 2 N–H and O–H groups in total. The molecule has 9 nitrogen and oxygen atoms in total. The van der Waals surface area contributed by atoms with Gasteiger partial charge in [-0.3, -0.25) is 14.9 Å². The first-order valence-electron chi connectivity index (χ1n) is 10.8. The lowest BCUT2D eigenvalue weighted by atomic mass is 9.85. The number of benzene rings is 3. The number of nitro benzene ring substituents is 1. The number of ether oxygens (including phenoxy) is 1. The van der Waals surface area contributed by atoms with Gasteiger partial charge in [0.15, 0.2) is 5.60 Å². The normalized spacial score (nSPS) is 14.2. The van der Waals surface area contributed by atoms with Crippen molar-refractivity contribution in [3.63, 3.8) is 0 Å². The lowest BCUT2D eigenvalue weighted by Crippen LogP contribution is -2.43. The lowest BCUT2D eigenvalue weighted by molar-refractivity contribution is -0.384. The Balaban J connectivity index is 1.56. The van der Waals surface area contributed by atoms with E-state index in [0.717, 1.165) is 0 Å². The topological polar surface area (TPSA) is 117 Å². The quantitative estimate of drug-likeness (QED) is 0.318. The Morgan fingerprint density at radius 3 is 2.18 bits per heavy atom. The van der Waals surface area contributed by atoms with E-state index in [1.807, 2.05) is 4.90 Å². The molecule has 1 heterocycles. The van der Waals surface area contributed by atoms with Crippen LogP contribution in [0.1, 0.15) is 16.7 Å². The van der Waals surface area contributed by atoms with E-state index < -0.39 is 16.4 Å². The standard InChI is InChI=1S/C25H24N4O5/c30-24(25(31,20-7-3-1-4-8-20)21-9-5-2-6-10-21)27-26-18-19-11-12-22(23(17-19)29(32)33)28-13-15-34-16-14-28/h1-12,17-18,31H,13-16H2,(H,27,30)/b26-18-. The van der Waals surface area contributed by atoms with Gasteiger partial charge in [0, 0.05) is 24.7 Å². The highest BCUT2D eigenvalue weighted by atomic mass is 16.6. The highest BCUT2D eigenvalue weighted by Gasteiger charge is 2.39. The predicted octanol–water partition coefficient (Wildman–Crippen LogP) is 2.82. The molecule has 1 aliphatic rings. The maximum absolute atomic E-state index is 13.1. The number of nitro groups is 1. The molecule has 9 heteroatoms. The largest absolute Gasteiger partial charge is 0.378 e. The molecular weight excluding hydrogens is 436 g/mol. The van der Waals surface area contributed by atoms with Crippen molar-refractivity contribution in [1.82, 2.24) is 5.43 Å². The van der Waals surface area contributed by atoms with Gasteiger partial charge >= 0.3 is 0 Å². The number of carbonyl (C=O) groups excluding carboxylic acids is 1. The van der Waals surface area contributed by atoms with Crippen LogP contribution in [-0.2, 0) is 15.1 Å². The van der Waals surface area contributed by atoms with Gasteiger partial charge in [0.1, 0.15) is 5.69 Å². The van der Waals surface area contributed by atoms with Crippen LogP contribution in [0, 0.1) is 10.1 Å². The highest BCUT2D eigenvalue weighted by molar-refractivity contribution is 5.91. The monoisotopic (exact) mass is 460 g/mol. The number of amides is 1. The molecule has 1 aliphatic heterocycles. The van der Waals surface area contributed by atoms with Gasteiger partial charge in [-0.15, -0.1) is 0 Å². The zero-order valence-electron chi connectivity index (χ0n) is 18.3. The number of nitrogens with zero attached hydrogens (tertiary/aromatic N) is 3. The minimum absolute atomic E-state index is 0.0535. The minimum atomic E-state index is -1.97. The molecule has 0 aromatic heterocycles. The zero-order valence-corrected chi connectivity index (χ0v) is 18.3. The average molecular weight is 460 g/mol. The van der Waals surface area contributed by atoms with Crippen molar-refractivity contribution in [3.8, 4) is 0 Å². The van der Waals surface area contributed by atoms with Crippen LogP contribution >= 0.6 is 0 Å². The third kappa shape index (κ3) is 4.80. The Kier molecular flexibility index (Phi) is 6.95. The number of nitrogens with one attached hydrogen (secondary N) is 1. The summed E-state index contributed by atoms with van der Waals surface area (Å²) in [6, 6.07) is 21.9. The van der Waals surface area contributed by atoms with Gasteiger partial charge in [-0.2, -0.15) is 5.10 Å². The molecule has 0 radical (unpaired) electrons. The molecule has 0 bridgehead atoms. The maximum atomic E-state index is 13.1. The molecule has 0 atom stereocenters. The fourth-order valence-electron chi connectivity index (χ4n) is 3.87. The number of carbonyl (C=O) groups is 1. The number of morpholine rings is 1. The Hall–Kier alpha value is -4.08. The van der Waals surface area contributed by atoms with E-state index in [4.69, 9.17) is 4.74 Å². The van der Waals surface area contributed by atoms with E-state index in [1.165, 1.54) is 12.3 Å². The van der Waals surface area contributed by atoms with Gasteiger partial charge in [0.2, 0.25) is 0 Å². The number of anilines is 1. The first-order valence-corrected chi connectivity index (χ1v) is 10.8. The van der Waals surface area contributed by atoms with Crippen LogP contribution in [-0.4, -0.2) is 48.5 Å². The SMILES string of the molecule is O=C(N/N=C\c1ccc(N2CCOCC2)c([N+](=O)[O-])c1)C(O)(c1ccccc1)c1ccccc1. The number of aliphatic hydroxyl groups is 1. The Bertz CT molecular complexity index is 1140. The smallest absolute Gasteiger partial charge is 0.293 e. The summed E-state index contributed by atoms with van der Waals surface area (Å²) < 4.78 is 5.32. The van der Waals surface area contributed by atoms with Gasteiger partial charge in [0.05, 0.1) is 24.4 Å². The molecule has 0 unspecified atom stereocenters. The summed E-state index contributed by atoms with van der Waals surface area (Å²) in [5.41, 5.74) is 2.08. The van der Waals surface area contributed by atoms with Crippen molar-refractivity contribution in [3.05, 3.63) is 106 Å². The van der Waals surface area contributed by atoms with E-state index in [-0.39, 0.29) is 5.69 Å². The predicted molar refractivity (Wildman–Crippen MR) is 128 cm³/mol. The summed E-state index contributed by atoms with van der Waals surface area (Å²) >= 11 is 0. The van der Waals surface area contributed by atoms with Gasteiger partial charge < -0.3 is 14.7 Å². The fourth-order valence-corrected chi connectivity index (χ4v) is 3.87. The molecule has 174 valence electrons. The van der Waals surface area contributed by atoms with E-state index in [0.29, 0.717) is 48.7 Å². The fraction of sp³-hybridized carbons (Fsp3) is 0.200. The van der Waals surface area contributed by atoms with Crippen LogP contribution in [0.5, 0.6) is 0 Å². The van der Waals surface area contributed by atoms with Gasteiger partial charge in [-0.1, -0.05) is 66.7 Å². The number of hydrazone groups is 1. The van der Waals surface area contributed by atoms with Crippen LogP contribution in [0.15, 0.2) is 84.0 Å². The minimum Gasteiger partial charge on any atom is -0.378 e. The summed E-state index contributed by atoms with van der Waals surface area (Å²) in [6.45, 7) is 2.17. The summed E-state index contributed by atoms with van der Waals surface area (Å²) in [5.74, 6) is -0.749. The number of hydrogen-bond acceptors (Lipinski definition) is 7. The zero-order chi connectivity index (χ0) is 24.0. The number of hydrogen-bond donors (Lipinski definition) is 2. The molecule has 3 aromatic carbocycles. The van der Waals surface area contributed by atoms with Crippen LogP contribution in [0.3, 0.4) is 0 Å². The molecule has 4 rings (SSSR count). The summed E-state index contributed by atoms with van der Waals surface area (Å²) in [7, 11) is 0. The maximum Gasteiger partial charge on any atom is 0.293 e. The molecular formula is C25H24N4O5. The third-order valence-corrected chi connectivity index (χ3v) is 5.64. The van der Waals surface area contributed by atoms with E-state index >= 15 is 0 Å². The van der Waals surface area contributed by atoms with Crippen LogP contribution < -0.4 is 10.3 Å². The number of rotatable bonds is 7.